The SMILES string of the molecule is CC(=O)C[C@](O)(CCc1ccccc1)C(=O)C(C)(C)C. The molecule has 0 spiro atoms. The van der Waals surface area contributed by atoms with Crippen molar-refractivity contribution in [2.75, 3.05) is 0 Å². The molecule has 0 aliphatic rings. The van der Waals surface area contributed by atoms with Crippen molar-refractivity contribution in [2.24, 2.45) is 5.41 Å². The van der Waals surface area contributed by atoms with E-state index in [-0.39, 0.29) is 24.4 Å². The van der Waals surface area contributed by atoms with Gasteiger partial charge in [-0.05, 0) is 25.3 Å². The number of aryl methyl sites for hydroxylation is 1. The monoisotopic (exact) mass is 276 g/mol. The zero-order chi connectivity index (χ0) is 15.4. The van der Waals surface area contributed by atoms with Gasteiger partial charge in [-0.15, -0.1) is 0 Å². The molecule has 20 heavy (non-hydrogen) atoms. The first-order valence-electron chi connectivity index (χ1n) is 6.96. The predicted octanol–water partition coefficient (Wildman–Crippen LogP) is 2.94. The molecular weight excluding hydrogens is 252 g/mol. The molecule has 1 atom stereocenters. The van der Waals surface area contributed by atoms with E-state index >= 15 is 0 Å². The molecule has 0 aliphatic carbocycles. The molecule has 0 saturated carbocycles. The van der Waals surface area contributed by atoms with Gasteiger partial charge < -0.3 is 5.11 Å². The highest BCUT2D eigenvalue weighted by molar-refractivity contribution is 5.95. The topological polar surface area (TPSA) is 54.4 Å². The summed E-state index contributed by atoms with van der Waals surface area (Å²) in [5.74, 6) is -0.436. The van der Waals surface area contributed by atoms with E-state index in [1.807, 2.05) is 30.3 Å². The zero-order valence-electron chi connectivity index (χ0n) is 12.8. The van der Waals surface area contributed by atoms with Gasteiger partial charge in [-0.1, -0.05) is 51.1 Å². The highest BCUT2D eigenvalue weighted by atomic mass is 16.3. The van der Waals surface area contributed by atoms with E-state index in [9.17, 15) is 14.7 Å². The second-order valence-electron chi connectivity index (χ2n) is 6.48. The highest BCUT2D eigenvalue weighted by Crippen LogP contribution is 2.29. The van der Waals surface area contributed by atoms with Crippen molar-refractivity contribution in [2.45, 2.75) is 52.6 Å². The maximum Gasteiger partial charge on any atom is 0.170 e. The van der Waals surface area contributed by atoms with Gasteiger partial charge in [0.15, 0.2) is 5.78 Å². The van der Waals surface area contributed by atoms with E-state index in [4.69, 9.17) is 0 Å². The summed E-state index contributed by atoms with van der Waals surface area (Å²) in [4.78, 5) is 23.8. The Morgan fingerprint density at radius 2 is 1.65 bits per heavy atom. The van der Waals surface area contributed by atoms with Crippen molar-refractivity contribution in [3.8, 4) is 0 Å². The van der Waals surface area contributed by atoms with Crippen molar-refractivity contribution < 1.29 is 14.7 Å². The van der Waals surface area contributed by atoms with Gasteiger partial charge in [0, 0.05) is 11.8 Å². The molecule has 0 unspecified atom stereocenters. The summed E-state index contributed by atoms with van der Waals surface area (Å²) in [6.07, 6.45) is 0.731. The van der Waals surface area contributed by atoms with E-state index in [0.717, 1.165) is 5.56 Å². The molecule has 0 bridgehead atoms. The minimum atomic E-state index is -1.57. The van der Waals surface area contributed by atoms with Gasteiger partial charge in [0.1, 0.15) is 11.4 Å². The van der Waals surface area contributed by atoms with E-state index in [1.54, 1.807) is 20.8 Å². The lowest BCUT2D eigenvalue weighted by atomic mass is 9.75. The Labute approximate surface area is 121 Å². The van der Waals surface area contributed by atoms with Crippen LogP contribution < -0.4 is 0 Å². The van der Waals surface area contributed by atoms with Crippen molar-refractivity contribution in [3.05, 3.63) is 35.9 Å². The van der Waals surface area contributed by atoms with Gasteiger partial charge in [0.25, 0.3) is 0 Å². The molecule has 1 rings (SSSR count). The lowest BCUT2D eigenvalue weighted by Gasteiger charge is -2.32. The Morgan fingerprint density at radius 1 is 1.10 bits per heavy atom. The average molecular weight is 276 g/mol. The molecule has 1 aromatic carbocycles. The molecule has 1 aromatic rings. The Bertz CT molecular complexity index is 471. The summed E-state index contributed by atoms with van der Waals surface area (Å²) in [5, 5.41) is 10.7. The van der Waals surface area contributed by atoms with Crippen LogP contribution in [0.25, 0.3) is 0 Å². The fourth-order valence-electron chi connectivity index (χ4n) is 2.39. The van der Waals surface area contributed by atoms with E-state index in [1.165, 1.54) is 6.92 Å². The molecule has 0 aliphatic heterocycles. The largest absolute Gasteiger partial charge is 0.382 e. The number of hydrogen-bond acceptors (Lipinski definition) is 3. The first-order chi connectivity index (χ1) is 9.15. The molecule has 0 amide bonds. The molecule has 0 fully saturated rings. The number of carbonyl (C=O) groups is 2. The molecule has 3 nitrogen and oxygen atoms in total. The van der Waals surface area contributed by atoms with Crippen LogP contribution in [0.1, 0.15) is 46.1 Å². The number of rotatable bonds is 6. The summed E-state index contributed by atoms with van der Waals surface area (Å²) in [7, 11) is 0. The summed E-state index contributed by atoms with van der Waals surface area (Å²) in [6, 6.07) is 9.67. The average Bonchev–Trinajstić information content (AvgIpc) is 2.35. The van der Waals surface area contributed by atoms with Crippen LogP contribution in [0.4, 0.5) is 0 Å². The van der Waals surface area contributed by atoms with Crippen molar-refractivity contribution >= 4 is 11.6 Å². The van der Waals surface area contributed by atoms with Gasteiger partial charge in [0.2, 0.25) is 0 Å². The number of carbonyl (C=O) groups excluding carboxylic acids is 2. The molecule has 3 heteroatoms. The van der Waals surface area contributed by atoms with E-state index < -0.39 is 11.0 Å². The Kier molecular flexibility index (Phi) is 5.23. The van der Waals surface area contributed by atoms with E-state index in [0.29, 0.717) is 6.42 Å². The van der Waals surface area contributed by atoms with Crippen LogP contribution in [0.15, 0.2) is 30.3 Å². The van der Waals surface area contributed by atoms with Crippen LogP contribution in [0, 0.1) is 5.41 Å². The van der Waals surface area contributed by atoms with Crippen molar-refractivity contribution in [1.29, 1.82) is 0 Å². The third-order valence-electron chi connectivity index (χ3n) is 3.32. The Morgan fingerprint density at radius 3 is 2.10 bits per heavy atom. The standard InChI is InChI=1S/C17H24O3/c1-13(18)12-17(20,15(19)16(2,3)4)11-10-14-8-6-5-7-9-14/h5-9,20H,10-12H2,1-4H3/t17-/m1/s1. The fraction of sp³-hybridized carbons (Fsp3) is 0.529. The lowest BCUT2D eigenvalue weighted by molar-refractivity contribution is -0.150. The first-order valence-corrected chi connectivity index (χ1v) is 6.96. The lowest BCUT2D eigenvalue weighted by Crippen LogP contribution is -2.47. The number of benzene rings is 1. The van der Waals surface area contributed by atoms with Crippen LogP contribution in [0.5, 0.6) is 0 Å². The maximum absolute atomic E-state index is 12.4. The van der Waals surface area contributed by atoms with Crippen molar-refractivity contribution in [3.63, 3.8) is 0 Å². The normalized spacial score (nSPS) is 14.7. The van der Waals surface area contributed by atoms with Crippen LogP contribution in [-0.2, 0) is 16.0 Å². The summed E-state index contributed by atoms with van der Waals surface area (Å²) >= 11 is 0. The second-order valence-corrected chi connectivity index (χ2v) is 6.48. The van der Waals surface area contributed by atoms with E-state index in [2.05, 4.69) is 0 Å². The van der Waals surface area contributed by atoms with Crippen LogP contribution in [-0.4, -0.2) is 22.3 Å². The molecule has 0 radical (unpaired) electrons. The summed E-state index contributed by atoms with van der Waals surface area (Å²) in [5.41, 5.74) is -1.18. The van der Waals surface area contributed by atoms with Gasteiger partial charge >= 0.3 is 0 Å². The number of aliphatic hydroxyl groups is 1. The fourth-order valence-corrected chi connectivity index (χ4v) is 2.39. The third kappa shape index (κ3) is 4.57. The van der Waals surface area contributed by atoms with Crippen LogP contribution >= 0.6 is 0 Å². The van der Waals surface area contributed by atoms with Gasteiger partial charge in [-0.3, -0.25) is 9.59 Å². The first kappa shape index (κ1) is 16.6. The molecular formula is C17H24O3. The zero-order valence-corrected chi connectivity index (χ0v) is 12.8. The molecule has 0 aromatic heterocycles. The molecule has 1 N–H and O–H groups in total. The molecule has 0 heterocycles. The maximum atomic E-state index is 12.4. The number of hydrogen-bond donors (Lipinski definition) is 1. The molecule has 110 valence electrons. The second kappa shape index (κ2) is 6.31. The smallest absolute Gasteiger partial charge is 0.170 e. The predicted molar refractivity (Wildman–Crippen MR) is 79.5 cm³/mol. The highest BCUT2D eigenvalue weighted by Gasteiger charge is 2.42. The quantitative estimate of drug-likeness (QED) is 0.869. The molecule has 0 saturated heterocycles. The summed E-state index contributed by atoms with van der Waals surface area (Å²) < 4.78 is 0. The van der Waals surface area contributed by atoms with Crippen molar-refractivity contribution in [1.82, 2.24) is 0 Å². The Hall–Kier alpha value is -1.48. The third-order valence-corrected chi connectivity index (χ3v) is 3.32. The van der Waals surface area contributed by atoms with Crippen LogP contribution in [0.2, 0.25) is 0 Å². The minimum absolute atomic E-state index is 0.115. The minimum Gasteiger partial charge on any atom is -0.382 e. The Balaban J connectivity index is 2.89. The number of Topliss-reactive ketones (excluding diaryl/α,β-unsaturated/α-hetero) is 2. The van der Waals surface area contributed by atoms with Gasteiger partial charge in [-0.2, -0.15) is 0 Å². The number of ketones is 2. The van der Waals surface area contributed by atoms with Gasteiger partial charge in [0.05, 0.1) is 0 Å². The van der Waals surface area contributed by atoms with Gasteiger partial charge in [-0.25, -0.2) is 0 Å². The van der Waals surface area contributed by atoms with Crippen LogP contribution in [0.3, 0.4) is 0 Å². The summed E-state index contributed by atoms with van der Waals surface area (Å²) in [6.45, 7) is 6.71.